The molecule has 0 radical (unpaired) electrons. The number of benzene rings is 1. The summed E-state index contributed by atoms with van der Waals surface area (Å²) in [5, 5.41) is -0.595. The van der Waals surface area contributed by atoms with Crippen LogP contribution in [0.1, 0.15) is 18.4 Å². The molecule has 0 saturated heterocycles. The number of carbonyl (C=O) groups is 1. The fourth-order valence-corrected chi connectivity index (χ4v) is 1.56. The Morgan fingerprint density at radius 1 is 1.31 bits per heavy atom. The van der Waals surface area contributed by atoms with Gasteiger partial charge in [0, 0.05) is 5.88 Å². The number of hydrogen-bond acceptors (Lipinski definition) is 2. The van der Waals surface area contributed by atoms with Crippen LogP contribution in [0.15, 0.2) is 30.3 Å². The van der Waals surface area contributed by atoms with Crippen LogP contribution < -0.4 is 0 Å². The van der Waals surface area contributed by atoms with E-state index in [2.05, 4.69) is 0 Å². The molecule has 0 heterocycles. The SMILES string of the molecule is O=C(OCc1ccccc1)C(Cl)CCCCl. The Kier molecular flexibility index (Phi) is 6.27. The molecule has 0 aliphatic heterocycles. The third-order valence-electron chi connectivity index (χ3n) is 2.07. The molecule has 1 unspecified atom stereocenters. The van der Waals surface area contributed by atoms with Gasteiger partial charge in [-0.05, 0) is 18.4 Å². The lowest BCUT2D eigenvalue weighted by Crippen LogP contribution is -2.17. The Labute approximate surface area is 106 Å². The van der Waals surface area contributed by atoms with Crippen LogP contribution in [-0.4, -0.2) is 17.2 Å². The molecule has 0 spiro atoms. The molecule has 1 atom stereocenters. The summed E-state index contributed by atoms with van der Waals surface area (Å²) in [6.45, 7) is 0.268. The van der Waals surface area contributed by atoms with E-state index in [0.717, 1.165) is 12.0 Å². The van der Waals surface area contributed by atoms with Crippen LogP contribution in [0.3, 0.4) is 0 Å². The Hall–Kier alpha value is -0.730. The predicted molar refractivity (Wildman–Crippen MR) is 65.8 cm³/mol. The first-order valence-corrected chi connectivity index (χ1v) is 6.11. The highest BCUT2D eigenvalue weighted by molar-refractivity contribution is 6.29. The number of rotatable bonds is 6. The van der Waals surface area contributed by atoms with E-state index in [1.807, 2.05) is 30.3 Å². The van der Waals surface area contributed by atoms with Crippen molar-refractivity contribution >= 4 is 29.2 Å². The van der Waals surface area contributed by atoms with E-state index in [1.165, 1.54) is 0 Å². The van der Waals surface area contributed by atoms with E-state index in [9.17, 15) is 4.79 Å². The van der Waals surface area contributed by atoms with Crippen molar-refractivity contribution in [3.05, 3.63) is 35.9 Å². The van der Waals surface area contributed by atoms with Gasteiger partial charge in [-0.1, -0.05) is 30.3 Å². The summed E-state index contributed by atoms with van der Waals surface area (Å²) in [6, 6.07) is 9.50. The van der Waals surface area contributed by atoms with Crippen molar-refractivity contribution in [1.82, 2.24) is 0 Å². The second-order valence-corrected chi connectivity index (χ2v) is 4.30. The number of halogens is 2. The Morgan fingerprint density at radius 3 is 2.62 bits per heavy atom. The van der Waals surface area contributed by atoms with E-state index in [0.29, 0.717) is 12.3 Å². The molecule has 16 heavy (non-hydrogen) atoms. The summed E-state index contributed by atoms with van der Waals surface area (Å²) in [5.41, 5.74) is 0.956. The van der Waals surface area contributed by atoms with Gasteiger partial charge in [0.05, 0.1) is 0 Å². The maximum Gasteiger partial charge on any atom is 0.324 e. The summed E-state index contributed by atoms with van der Waals surface area (Å²) in [6.07, 6.45) is 1.27. The van der Waals surface area contributed by atoms with Gasteiger partial charge in [0.25, 0.3) is 0 Å². The first-order valence-electron chi connectivity index (χ1n) is 5.14. The lowest BCUT2D eigenvalue weighted by molar-refractivity contribution is -0.144. The van der Waals surface area contributed by atoms with Gasteiger partial charge in [-0.2, -0.15) is 0 Å². The maximum absolute atomic E-state index is 11.4. The van der Waals surface area contributed by atoms with Crippen molar-refractivity contribution < 1.29 is 9.53 Å². The zero-order chi connectivity index (χ0) is 11.8. The Bertz CT molecular complexity index is 314. The van der Waals surface area contributed by atoms with E-state index in [4.69, 9.17) is 27.9 Å². The third kappa shape index (κ3) is 4.86. The lowest BCUT2D eigenvalue weighted by atomic mass is 10.2. The molecule has 0 amide bonds. The zero-order valence-corrected chi connectivity index (χ0v) is 10.4. The van der Waals surface area contributed by atoms with Gasteiger partial charge in [-0.3, -0.25) is 4.79 Å². The van der Waals surface area contributed by atoms with Gasteiger partial charge >= 0.3 is 5.97 Å². The third-order valence-corrected chi connectivity index (χ3v) is 2.73. The van der Waals surface area contributed by atoms with Crippen molar-refractivity contribution in [2.45, 2.75) is 24.8 Å². The molecule has 1 aromatic rings. The summed E-state index contributed by atoms with van der Waals surface area (Å²) in [5.74, 6) is 0.130. The molecule has 0 aliphatic carbocycles. The predicted octanol–water partition coefficient (Wildman–Crippen LogP) is 3.36. The standard InChI is InChI=1S/C12H14Cl2O2/c13-8-4-7-11(14)12(15)16-9-10-5-2-1-3-6-10/h1-3,5-6,11H,4,7-9H2. The van der Waals surface area contributed by atoms with Crippen LogP contribution in [-0.2, 0) is 16.1 Å². The van der Waals surface area contributed by atoms with Crippen molar-refractivity contribution in [1.29, 1.82) is 0 Å². The van der Waals surface area contributed by atoms with Crippen molar-refractivity contribution in [3.8, 4) is 0 Å². The monoisotopic (exact) mass is 260 g/mol. The fourth-order valence-electron chi connectivity index (χ4n) is 1.19. The van der Waals surface area contributed by atoms with Crippen LogP contribution in [0, 0.1) is 0 Å². The maximum atomic E-state index is 11.4. The van der Waals surface area contributed by atoms with Gasteiger partial charge < -0.3 is 4.74 Å². The average Bonchev–Trinajstić information content (AvgIpc) is 2.34. The highest BCUT2D eigenvalue weighted by Crippen LogP contribution is 2.10. The number of carbonyl (C=O) groups excluding carboxylic acids is 1. The van der Waals surface area contributed by atoms with Gasteiger partial charge in [0.15, 0.2) is 0 Å². The molecule has 88 valence electrons. The molecular formula is C12H14Cl2O2. The summed E-state index contributed by atoms with van der Waals surface area (Å²) >= 11 is 11.4. The molecule has 0 aliphatic rings. The van der Waals surface area contributed by atoms with Gasteiger partial charge in [0.2, 0.25) is 0 Å². The molecule has 2 nitrogen and oxygen atoms in total. The largest absolute Gasteiger partial charge is 0.460 e. The topological polar surface area (TPSA) is 26.3 Å². The van der Waals surface area contributed by atoms with E-state index < -0.39 is 5.38 Å². The quantitative estimate of drug-likeness (QED) is 0.579. The molecule has 0 bridgehead atoms. The minimum Gasteiger partial charge on any atom is -0.460 e. The van der Waals surface area contributed by atoms with Gasteiger partial charge in [-0.25, -0.2) is 0 Å². The molecule has 1 aromatic carbocycles. The van der Waals surface area contributed by atoms with Crippen molar-refractivity contribution in [2.24, 2.45) is 0 Å². The van der Waals surface area contributed by atoms with Crippen LogP contribution >= 0.6 is 23.2 Å². The number of ether oxygens (including phenoxy) is 1. The zero-order valence-electron chi connectivity index (χ0n) is 8.86. The molecule has 1 rings (SSSR count). The summed E-state index contributed by atoms with van der Waals surface area (Å²) < 4.78 is 5.07. The Morgan fingerprint density at radius 2 is 2.00 bits per heavy atom. The smallest absolute Gasteiger partial charge is 0.324 e. The molecule has 4 heteroatoms. The second kappa shape index (κ2) is 7.53. The highest BCUT2D eigenvalue weighted by atomic mass is 35.5. The van der Waals surface area contributed by atoms with Crippen LogP contribution in [0.25, 0.3) is 0 Å². The van der Waals surface area contributed by atoms with Crippen molar-refractivity contribution in [2.75, 3.05) is 5.88 Å². The molecular weight excluding hydrogens is 247 g/mol. The van der Waals surface area contributed by atoms with Gasteiger partial charge in [-0.15, -0.1) is 23.2 Å². The van der Waals surface area contributed by atoms with Crippen LogP contribution in [0.5, 0.6) is 0 Å². The summed E-state index contributed by atoms with van der Waals surface area (Å²) in [4.78, 5) is 11.4. The normalized spacial score (nSPS) is 12.1. The first-order chi connectivity index (χ1) is 7.74. The van der Waals surface area contributed by atoms with Crippen LogP contribution in [0.2, 0.25) is 0 Å². The molecule has 0 fully saturated rings. The van der Waals surface area contributed by atoms with Crippen LogP contribution in [0.4, 0.5) is 0 Å². The van der Waals surface area contributed by atoms with E-state index >= 15 is 0 Å². The van der Waals surface area contributed by atoms with Gasteiger partial charge in [0.1, 0.15) is 12.0 Å². The number of alkyl halides is 2. The Balaban J connectivity index is 2.29. The highest BCUT2D eigenvalue weighted by Gasteiger charge is 2.16. The number of esters is 1. The van der Waals surface area contributed by atoms with E-state index in [-0.39, 0.29) is 12.6 Å². The summed E-state index contributed by atoms with van der Waals surface area (Å²) in [7, 11) is 0. The lowest BCUT2D eigenvalue weighted by Gasteiger charge is -2.08. The minimum atomic E-state index is -0.595. The minimum absolute atomic E-state index is 0.268. The fraction of sp³-hybridized carbons (Fsp3) is 0.417. The molecule has 0 aromatic heterocycles. The molecule has 0 saturated carbocycles. The first kappa shape index (κ1) is 13.3. The number of hydrogen-bond donors (Lipinski definition) is 0. The molecule has 0 N–H and O–H groups in total. The average molecular weight is 261 g/mol. The van der Waals surface area contributed by atoms with E-state index in [1.54, 1.807) is 0 Å². The second-order valence-electron chi connectivity index (χ2n) is 3.39. The van der Waals surface area contributed by atoms with Crippen molar-refractivity contribution in [3.63, 3.8) is 0 Å².